The van der Waals surface area contributed by atoms with Crippen LogP contribution in [-0.4, -0.2) is 0 Å². The highest BCUT2D eigenvalue weighted by Crippen LogP contribution is 2.19. The third kappa shape index (κ3) is 1.59. The lowest BCUT2D eigenvalue weighted by Crippen LogP contribution is -2.37. The molecule has 2 aromatic carbocycles. The maximum Gasteiger partial charge on any atom is 0.213 e. The summed E-state index contributed by atoms with van der Waals surface area (Å²) < 4.78 is 2.41. The Bertz CT molecular complexity index is 629. The van der Waals surface area contributed by atoms with E-state index < -0.39 is 0 Å². The monoisotopic (exact) mass is 222 g/mol. The summed E-state index contributed by atoms with van der Waals surface area (Å²) in [6.07, 6.45) is 0. The van der Waals surface area contributed by atoms with Crippen molar-refractivity contribution in [3.63, 3.8) is 0 Å². The molecule has 1 nitrogen and oxygen atoms in total. The quantitative estimate of drug-likeness (QED) is 0.435. The van der Waals surface area contributed by atoms with E-state index in [-0.39, 0.29) is 0 Å². The molecular formula is C16H16N+. The molecule has 0 atom stereocenters. The minimum absolute atomic E-state index is 0.464. The second kappa shape index (κ2) is 3.85. The lowest BCUT2D eigenvalue weighted by atomic mass is 10.1. The van der Waals surface area contributed by atoms with Crippen molar-refractivity contribution in [2.75, 3.05) is 0 Å². The van der Waals surface area contributed by atoms with E-state index in [1.165, 1.54) is 21.8 Å². The number of rotatable bonds is 1. The van der Waals surface area contributed by atoms with Crippen LogP contribution in [0.1, 0.15) is 19.9 Å². The van der Waals surface area contributed by atoms with Gasteiger partial charge in [-0.3, -0.25) is 0 Å². The second-order valence-corrected chi connectivity index (χ2v) is 4.73. The van der Waals surface area contributed by atoms with E-state index in [1.807, 2.05) is 0 Å². The molecule has 3 aromatic rings. The van der Waals surface area contributed by atoms with Crippen molar-refractivity contribution in [1.82, 2.24) is 0 Å². The Balaban J connectivity index is 2.56. The van der Waals surface area contributed by atoms with E-state index >= 15 is 0 Å². The van der Waals surface area contributed by atoms with Crippen molar-refractivity contribution in [2.24, 2.45) is 0 Å². The fraction of sp³-hybridized carbons (Fsp3) is 0.188. The van der Waals surface area contributed by atoms with E-state index in [2.05, 4.69) is 73.0 Å². The highest BCUT2D eigenvalue weighted by molar-refractivity contribution is 5.88. The zero-order valence-corrected chi connectivity index (χ0v) is 10.2. The minimum Gasteiger partial charge on any atom is -0.189 e. The summed E-state index contributed by atoms with van der Waals surface area (Å²) in [6, 6.07) is 19.9. The number of fused-ring (bicyclic) bond motifs is 2. The second-order valence-electron chi connectivity index (χ2n) is 4.73. The van der Waals surface area contributed by atoms with Gasteiger partial charge in [-0.1, -0.05) is 24.3 Å². The number of hydrogen-bond acceptors (Lipinski definition) is 0. The molecule has 0 N–H and O–H groups in total. The molecule has 0 unspecified atom stereocenters. The van der Waals surface area contributed by atoms with Gasteiger partial charge in [0.15, 0.2) is 6.04 Å². The summed E-state index contributed by atoms with van der Waals surface area (Å²) in [6.45, 7) is 4.47. The minimum atomic E-state index is 0.464. The highest BCUT2D eigenvalue weighted by atomic mass is 15.0. The Morgan fingerprint density at radius 3 is 1.71 bits per heavy atom. The Kier molecular flexibility index (Phi) is 2.32. The molecule has 0 fully saturated rings. The van der Waals surface area contributed by atoms with Crippen LogP contribution < -0.4 is 4.57 Å². The number of nitrogens with zero attached hydrogens (tertiary/aromatic N) is 1. The molecule has 1 heteroatoms. The molecule has 3 rings (SSSR count). The van der Waals surface area contributed by atoms with Crippen LogP contribution in [0.3, 0.4) is 0 Å². The predicted molar refractivity (Wildman–Crippen MR) is 72.0 cm³/mol. The molecular weight excluding hydrogens is 206 g/mol. The van der Waals surface area contributed by atoms with Gasteiger partial charge in [0.2, 0.25) is 11.0 Å². The van der Waals surface area contributed by atoms with Gasteiger partial charge < -0.3 is 0 Å². The predicted octanol–water partition coefficient (Wildman–Crippen LogP) is 3.86. The Hall–Kier alpha value is -1.89. The maximum absolute atomic E-state index is 2.41. The van der Waals surface area contributed by atoms with Gasteiger partial charge in [0.1, 0.15) is 0 Å². The fourth-order valence-electron chi connectivity index (χ4n) is 2.51. The van der Waals surface area contributed by atoms with Crippen LogP contribution in [0.15, 0.2) is 54.6 Å². The molecule has 0 aliphatic heterocycles. The largest absolute Gasteiger partial charge is 0.213 e. The number of benzene rings is 2. The number of para-hydroxylation sites is 2. The molecule has 84 valence electrons. The molecule has 1 heterocycles. The Labute approximate surface area is 101 Å². The Morgan fingerprint density at radius 2 is 1.24 bits per heavy atom. The van der Waals surface area contributed by atoms with Gasteiger partial charge in [-0.25, -0.2) is 0 Å². The third-order valence-corrected chi connectivity index (χ3v) is 3.22. The Morgan fingerprint density at radius 1 is 0.765 bits per heavy atom. The van der Waals surface area contributed by atoms with Crippen LogP contribution in [0.2, 0.25) is 0 Å². The van der Waals surface area contributed by atoms with Crippen LogP contribution in [0.4, 0.5) is 0 Å². The lowest BCUT2D eigenvalue weighted by Gasteiger charge is -2.08. The van der Waals surface area contributed by atoms with Crippen molar-refractivity contribution in [2.45, 2.75) is 19.9 Å². The van der Waals surface area contributed by atoms with Gasteiger partial charge in [0.25, 0.3) is 0 Å². The molecule has 0 aliphatic rings. The molecule has 0 saturated heterocycles. The van der Waals surface area contributed by atoms with Gasteiger partial charge >= 0.3 is 0 Å². The van der Waals surface area contributed by atoms with Gasteiger partial charge in [-0.15, -0.1) is 0 Å². The van der Waals surface area contributed by atoms with E-state index in [9.17, 15) is 0 Å². The zero-order chi connectivity index (χ0) is 11.8. The van der Waals surface area contributed by atoms with E-state index in [0.717, 1.165) is 0 Å². The first kappa shape index (κ1) is 10.3. The fourth-order valence-corrected chi connectivity index (χ4v) is 2.51. The van der Waals surface area contributed by atoms with Crippen molar-refractivity contribution < 1.29 is 4.57 Å². The topological polar surface area (TPSA) is 3.88 Å². The summed E-state index contributed by atoms with van der Waals surface area (Å²) >= 11 is 0. The molecule has 0 radical (unpaired) electrons. The van der Waals surface area contributed by atoms with Gasteiger partial charge in [0.05, 0.1) is 0 Å². The maximum atomic E-state index is 2.41. The first-order valence-electron chi connectivity index (χ1n) is 6.09. The first-order chi connectivity index (χ1) is 8.27. The lowest BCUT2D eigenvalue weighted by molar-refractivity contribution is -0.666. The average molecular weight is 222 g/mol. The highest BCUT2D eigenvalue weighted by Gasteiger charge is 2.16. The molecule has 0 saturated carbocycles. The number of aromatic nitrogens is 1. The average Bonchev–Trinajstić information content (AvgIpc) is 2.35. The van der Waals surface area contributed by atoms with Gasteiger partial charge in [0, 0.05) is 22.9 Å². The van der Waals surface area contributed by atoms with Crippen LogP contribution >= 0.6 is 0 Å². The smallest absolute Gasteiger partial charge is 0.189 e. The molecule has 0 spiro atoms. The van der Waals surface area contributed by atoms with Crippen LogP contribution in [0, 0.1) is 0 Å². The van der Waals surface area contributed by atoms with Crippen molar-refractivity contribution in [1.29, 1.82) is 0 Å². The summed E-state index contributed by atoms with van der Waals surface area (Å²) in [5.41, 5.74) is 2.61. The number of hydrogen-bond donors (Lipinski definition) is 0. The summed E-state index contributed by atoms with van der Waals surface area (Å²) in [4.78, 5) is 0. The summed E-state index contributed by atoms with van der Waals surface area (Å²) in [5, 5.41) is 2.61. The molecule has 1 aromatic heterocycles. The van der Waals surface area contributed by atoms with Crippen LogP contribution in [-0.2, 0) is 0 Å². The molecule has 0 amide bonds. The normalized spacial score (nSPS) is 11.5. The summed E-state index contributed by atoms with van der Waals surface area (Å²) in [5.74, 6) is 0. The van der Waals surface area contributed by atoms with Crippen molar-refractivity contribution in [3.05, 3.63) is 54.6 Å². The summed E-state index contributed by atoms with van der Waals surface area (Å²) in [7, 11) is 0. The molecule has 0 aliphatic carbocycles. The number of pyridine rings is 1. The van der Waals surface area contributed by atoms with Crippen molar-refractivity contribution >= 4 is 21.8 Å². The standard InChI is InChI=1S/C16H16N/c1-12(2)17-15-9-5-3-7-13(15)11-14-8-4-6-10-16(14)17/h3-12H,1-2H3/q+1. The SMILES string of the molecule is CC(C)[n+]1c2ccccc2cc2ccccc21. The van der Waals surface area contributed by atoms with Gasteiger partial charge in [-0.2, -0.15) is 4.57 Å². The first-order valence-corrected chi connectivity index (χ1v) is 6.09. The van der Waals surface area contributed by atoms with Crippen LogP contribution in [0.25, 0.3) is 21.8 Å². The third-order valence-electron chi connectivity index (χ3n) is 3.22. The molecule has 0 bridgehead atoms. The van der Waals surface area contributed by atoms with E-state index in [1.54, 1.807) is 0 Å². The van der Waals surface area contributed by atoms with E-state index in [4.69, 9.17) is 0 Å². The van der Waals surface area contributed by atoms with Crippen LogP contribution in [0.5, 0.6) is 0 Å². The van der Waals surface area contributed by atoms with E-state index in [0.29, 0.717) is 6.04 Å². The molecule has 17 heavy (non-hydrogen) atoms. The zero-order valence-electron chi connectivity index (χ0n) is 10.2. The van der Waals surface area contributed by atoms with Gasteiger partial charge in [-0.05, 0) is 32.0 Å². The van der Waals surface area contributed by atoms with Crippen molar-refractivity contribution in [3.8, 4) is 0 Å².